The van der Waals surface area contributed by atoms with Crippen molar-refractivity contribution in [3.63, 3.8) is 0 Å². The Bertz CT molecular complexity index is 698. The maximum Gasteiger partial charge on any atom is 0.265 e. The molecule has 0 saturated carbocycles. The summed E-state index contributed by atoms with van der Waals surface area (Å²) in [6, 6.07) is 13.5. The van der Waals surface area contributed by atoms with Gasteiger partial charge in [0.2, 0.25) is 0 Å². The van der Waals surface area contributed by atoms with Crippen molar-refractivity contribution in [3.8, 4) is 5.75 Å². The lowest BCUT2D eigenvalue weighted by atomic mass is 9.98. The summed E-state index contributed by atoms with van der Waals surface area (Å²) < 4.78 is 6.62. The van der Waals surface area contributed by atoms with Crippen molar-refractivity contribution in [3.05, 3.63) is 58.1 Å². The highest BCUT2D eigenvalue weighted by Gasteiger charge is 2.16. The summed E-state index contributed by atoms with van der Waals surface area (Å²) in [5.41, 5.74) is 3.21. The molecule has 0 heterocycles. The van der Waals surface area contributed by atoms with Gasteiger partial charge in [-0.25, -0.2) is 0 Å². The lowest BCUT2D eigenvalue weighted by Crippen LogP contribution is -2.30. The van der Waals surface area contributed by atoms with Crippen LogP contribution in [0.15, 0.2) is 46.9 Å². The van der Waals surface area contributed by atoms with Crippen molar-refractivity contribution in [2.24, 2.45) is 0 Å². The Morgan fingerprint density at radius 3 is 2.43 bits per heavy atom. The third-order valence-corrected chi connectivity index (χ3v) is 4.37. The molecule has 2 rings (SSSR count). The molecule has 3 nitrogen and oxygen atoms in total. The maximum absolute atomic E-state index is 12.3. The average molecular weight is 376 g/mol. The normalized spacial score (nSPS) is 12.1. The first-order valence-corrected chi connectivity index (χ1v) is 8.50. The van der Waals surface area contributed by atoms with Crippen LogP contribution >= 0.6 is 15.9 Å². The molecule has 1 atom stereocenters. The predicted octanol–water partition coefficient (Wildman–Crippen LogP) is 5.29. The van der Waals surface area contributed by atoms with Gasteiger partial charge in [-0.3, -0.25) is 4.79 Å². The average Bonchev–Trinajstić information content (AvgIpc) is 2.49. The van der Waals surface area contributed by atoms with Crippen LogP contribution in [0.1, 0.15) is 37.8 Å². The summed E-state index contributed by atoms with van der Waals surface area (Å²) in [5, 5.41) is 2.86. The fourth-order valence-corrected chi connectivity index (χ4v) is 2.81. The molecule has 2 aromatic rings. The molecule has 0 aromatic heterocycles. The molecular formula is C19H22BrNO2. The molecule has 1 unspecified atom stereocenters. The van der Waals surface area contributed by atoms with E-state index in [1.807, 2.05) is 36.4 Å². The molecule has 0 bridgehead atoms. The van der Waals surface area contributed by atoms with Gasteiger partial charge in [0, 0.05) is 4.47 Å². The number of carbonyl (C=O) groups is 1. The maximum atomic E-state index is 12.3. The number of benzene rings is 2. The van der Waals surface area contributed by atoms with Crippen LogP contribution in [-0.4, -0.2) is 12.0 Å². The number of rotatable bonds is 5. The first kappa shape index (κ1) is 17.5. The second kappa shape index (κ2) is 7.64. The topological polar surface area (TPSA) is 38.3 Å². The number of hydrogen-bond donors (Lipinski definition) is 1. The lowest BCUT2D eigenvalue weighted by molar-refractivity contribution is -0.122. The molecule has 1 N–H and O–H groups in total. The van der Waals surface area contributed by atoms with Gasteiger partial charge in [-0.1, -0.05) is 32.0 Å². The fourth-order valence-electron chi connectivity index (χ4n) is 2.42. The number of para-hydroxylation sites is 1. The van der Waals surface area contributed by atoms with Crippen LogP contribution in [0, 0.1) is 6.92 Å². The smallest absolute Gasteiger partial charge is 0.265 e. The zero-order chi connectivity index (χ0) is 17.0. The Morgan fingerprint density at radius 2 is 1.83 bits per heavy atom. The second-order valence-electron chi connectivity index (χ2n) is 5.90. The van der Waals surface area contributed by atoms with E-state index < -0.39 is 6.10 Å². The highest BCUT2D eigenvalue weighted by molar-refractivity contribution is 9.10. The van der Waals surface area contributed by atoms with E-state index in [1.54, 1.807) is 6.92 Å². The van der Waals surface area contributed by atoms with E-state index in [-0.39, 0.29) is 5.91 Å². The molecule has 0 saturated heterocycles. The van der Waals surface area contributed by atoms with Crippen LogP contribution in [0.5, 0.6) is 5.75 Å². The minimum Gasteiger partial charge on any atom is -0.481 e. The highest BCUT2D eigenvalue weighted by Crippen LogP contribution is 2.25. The zero-order valence-electron chi connectivity index (χ0n) is 13.9. The van der Waals surface area contributed by atoms with E-state index in [0.29, 0.717) is 11.7 Å². The lowest BCUT2D eigenvalue weighted by Gasteiger charge is -2.17. The van der Waals surface area contributed by atoms with Gasteiger partial charge in [-0.05, 0) is 71.1 Å². The van der Waals surface area contributed by atoms with Crippen LogP contribution in [0.25, 0.3) is 0 Å². The SMILES string of the molecule is Cc1cc(OC(C)C(=O)Nc2ccccc2Br)ccc1C(C)C. The van der Waals surface area contributed by atoms with Crippen LogP contribution in [0.4, 0.5) is 5.69 Å². The number of anilines is 1. The van der Waals surface area contributed by atoms with Crippen molar-refractivity contribution in [1.29, 1.82) is 0 Å². The van der Waals surface area contributed by atoms with Crippen molar-refractivity contribution in [2.45, 2.75) is 39.7 Å². The Labute approximate surface area is 146 Å². The molecule has 0 aliphatic carbocycles. The van der Waals surface area contributed by atoms with Gasteiger partial charge >= 0.3 is 0 Å². The van der Waals surface area contributed by atoms with E-state index in [0.717, 1.165) is 10.2 Å². The van der Waals surface area contributed by atoms with Gasteiger partial charge in [-0.15, -0.1) is 0 Å². The molecule has 0 spiro atoms. The number of amides is 1. The monoisotopic (exact) mass is 375 g/mol. The summed E-state index contributed by atoms with van der Waals surface area (Å²) in [5.74, 6) is 1.00. The first-order chi connectivity index (χ1) is 10.9. The minimum atomic E-state index is -0.577. The van der Waals surface area contributed by atoms with Gasteiger partial charge < -0.3 is 10.1 Å². The Balaban J connectivity index is 2.04. The van der Waals surface area contributed by atoms with E-state index in [1.165, 1.54) is 11.1 Å². The largest absolute Gasteiger partial charge is 0.481 e. The van der Waals surface area contributed by atoms with E-state index in [9.17, 15) is 4.79 Å². The van der Waals surface area contributed by atoms with Gasteiger partial charge in [0.15, 0.2) is 6.10 Å². The van der Waals surface area contributed by atoms with Gasteiger partial charge in [-0.2, -0.15) is 0 Å². The summed E-state index contributed by atoms with van der Waals surface area (Å²) in [6.07, 6.45) is -0.577. The van der Waals surface area contributed by atoms with Crippen molar-refractivity contribution in [1.82, 2.24) is 0 Å². The molecule has 0 aliphatic heterocycles. The van der Waals surface area contributed by atoms with Crippen LogP contribution in [0.2, 0.25) is 0 Å². The Hall–Kier alpha value is -1.81. The summed E-state index contributed by atoms with van der Waals surface area (Å²) in [4.78, 5) is 12.3. The van der Waals surface area contributed by atoms with Crippen molar-refractivity contribution in [2.75, 3.05) is 5.32 Å². The van der Waals surface area contributed by atoms with Crippen LogP contribution in [-0.2, 0) is 4.79 Å². The molecule has 1 amide bonds. The molecule has 0 fully saturated rings. The fraction of sp³-hybridized carbons (Fsp3) is 0.316. The number of aryl methyl sites for hydroxylation is 1. The predicted molar refractivity (Wildman–Crippen MR) is 98.1 cm³/mol. The number of hydrogen-bond acceptors (Lipinski definition) is 2. The van der Waals surface area contributed by atoms with Gasteiger partial charge in [0.1, 0.15) is 5.75 Å². The zero-order valence-corrected chi connectivity index (χ0v) is 15.5. The summed E-state index contributed by atoms with van der Waals surface area (Å²) in [7, 11) is 0. The first-order valence-electron chi connectivity index (χ1n) is 7.71. The number of carbonyl (C=O) groups excluding carboxylic acids is 1. The van der Waals surface area contributed by atoms with E-state index in [2.05, 4.69) is 48.1 Å². The third-order valence-electron chi connectivity index (χ3n) is 3.68. The molecule has 0 radical (unpaired) electrons. The van der Waals surface area contributed by atoms with E-state index >= 15 is 0 Å². The quantitative estimate of drug-likeness (QED) is 0.770. The van der Waals surface area contributed by atoms with Crippen LogP contribution in [0.3, 0.4) is 0 Å². The molecule has 2 aromatic carbocycles. The molecule has 4 heteroatoms. The second-order valence-corrected chi connectivity index (χ2v) is 6.76. The van der Waals surface area contributed by atoms with Crippen molar-refractivity contribution >= 4 is 27.5 Å². The third kappa shape index (κ3) is 4.58. The number of nitrogens with one attached hydrogen (secondary N) is 1. The molecule has 23 heavy (non-hydrogen) atoms. The van der Waals surface area contributed by atoms with Crippen molar-refractivity contribution < 1.29 is 9.53 Å². The Morgan fingerprint density at radius 1 is 1.13 bits per heavy atom. The molecular weight excluding hydrogens is 354 g/mol. The Kier molecular flexibility index (Phi) is 5.83. The standard InChI is InChI=1S/C19H22BrNO2/c1-12(2)16-10-9-15(11-13(16)3)23-14(4)19(22)21-18-8-6-5-7-17(18)20/h5-12,14H,1-4H3,(H,21,22). The van der Waals surface area contributed by atoms with Crippen LogP contribution < -0.4 is 10.1 Å². The number of halogens is 1. The van der Waals surface area contributed by atoms with E-state index in [4.69, 9.17) is 4.74 Å². The highest BCUT2D eigenvalue weighted by atomic mass is 79.9. The summed E-state index contributed by atoms with van der Waals surface area (Å²) in [6.45, 7) is 8.14. The molecule has 122 valence electrons. The van der Waals surface area contributed by atoms with Gasteiger partial charge in [0.05, 0.1) is 5.69 Å². The molecule has 0 aliphatic rings. The minimum absolute atomic E-state index is 0.178. The van der Waals surface area contributed by atoms with Gasteiger partial charge in [0.25, 0.3) is 5.91 Å². The summed E-state index contributed by atoms with van der Waals surface area (Å²) >= 11 is 3.42. The number of ether oxygens (including phenoxy) is 1.